The SMILES string of the molecule is O=C(NCC(=O)N1CCOCC1)c1cccc(F)c1. The van der Waals surface area contributed by atoms with Gasteiger partial charge in [-0.15, -0.1) is 0 Å². The molecule has 6 heteroatoms. The standard InChI is InChI=1S/C13H15FN2O3/c14-11-3-1-2-10(8-11)13(18)15-9-12(17)16-4-6-19-7-5-16/h1-3,8H,4-7,9H2,(H,15,18). The monoisotopic (exact) mass is 266 g/mol. The van der Waals surface area contributed by atoms with E-state index >= 15 is 0 Å². The average molecular weight is 266 g/mol. The van der Waals surface area contributed by atoms with Gasteiger partial charge in [-0.3, -0.25) is 9.59 Å². The van der Waals surface area contributed by atoms with Gasteiger partial charge < -0.3 is 15.0 Å². The van der Waals surface area contributed by atoms with Gasteiger partial charge in [0.05, 0.1) is 19.8 Å². The van der Waals surface area contributed by atoms with Gasteiger partial charge in [0.25, 0.3) is 5.91 Å². The van der Waals surface area contributed by atoms with Crippen molar-refractivity contribution in [2.24, 2.45) is 0 Å². The molecule has 19 heavy (non-hydrogen) atoms. The van der Waals surface area contributed by atoms with Crippen molar-refractivity contribution in [3.8, 4) is 0 Å². The summed E-state index contributed by atoms with van der Waals surface area (Å²) in [6, 6.07) is 5.34. The van der Waals surface area contributed by atoms with Gasteiger partial charge >= 0.3 is 0 Å². The molecule has 2 rings (SSSR count). The molecule has 0 aromatic heterocycles. The van der Waals surface area contributed by atoms with E-state index in [1.165, 1.54) is 18.2 Å². The quantitative estimate of drug-likeness (QED) is 0.862. The summed E-state index contributed by atoms with van der Waals surface area (Å²) in [5.41, 5.74) is 0.203. The van der Waals surface area contributed by atoms with Crippen LogP contribution in [0, 0.1) is 5.82 Å². The zero-order valence-corrected chi connectivity index (χ0v) is 10.4. The molecule has 1 fully saturated rings. The van der Waals surface area contributed by atoms with Crippen molar-refractivity contribution in [3.05, 3.63) is 35.6 Å². The number of nitrogens with one attached hydrogen (secondary N) is 1. The molecule has 0 radical (unpaired) electrons. The average Bonchev–Trinajstić information content (AvgIpc) is 2.45. The van der Waals surface area contributed by atoms with Gasteiger partial charge in [0.15, 0.2) is 0 Å². The number of morpholine rings is 1. The van der Waals surface area contributed by atoms with E-state index in [1.807, 2.05) is 0 Å². The fourth-order valence-corrected chi connectivity index (χ4v) is 1.81. The molecule has 1 heterocycles. The molecular weight excluding hydrogens is 251 g/mol. The molecule has 1 N–H and O–H groups in total. The molecule has 5 nitrogen and oxygen atoms in total. The predicted molar refractivity (Wildman–Crippen MR) is 66.1 cm³/mol. The van der Waals surface area contributed by atoms with Crippen LogP contribution in [-0.2, 0) is 9.53 Å². The van der Waals surface area contributed by atoms with Crippen molar-refractivity contribution in [1.82, 2.24) is 10.2 Å². The Kier molecular flexibility index (Phi) is 4.46. The number of rotatable bonds is 3. The van der Waals surface area contributed by atoms with Crippen LogP contribution in [0.1, 0.15) is 10.4 Å². The van der Waals surface area contributed by atoms with Gasteiger partial charge in [-0.25, -0.2) is 4.39 Å². The third-order valence-electron chi connectivity index (χ3n) is 2.85. The molecule has 1 aromatic carbocycles. The molecule has 0 atom stereocenters. The summed E-state index contributed by atoms with van der Waals surface area (Å²) in [6.45, 7) is 2.02. The van der Waals surface area contributed by atoms with Crippen LogP contribution in [0.5, 0.6) is 0 Å². The molecule has 2 amide bonds. The third-order valence-corrected chi connectivity index (χ3v) is 2.85. The summed E-state index contributed by atoms with van der Waals surface area (Å²) in [5.74, 6) is -1.10. The van der Waals surface area contributed by atoms with Crippen molar-refractivity contribution in [2.75, 3.05) is 32.8 Å². The van der Waals surface area contributed by atoms with Crippen molar-refractivity contribution in [3.63, 3.8) is 0 Å². The van der Waals surface area contributed by atoms with Gasteiger partial charge in [-0.05, 0) is 18.2 Å². The summed E-state index contributed by atoms with van der Waals surface area (Å²) >= 11 is 0. The maximum Gasteiger partial charge on any atom is 0.251 e. The van der Waals surface area contributed by atoms with Crippen LogP contribution >= 0.6 is 0 Å². The molecule has 0 saturated carbocycles. The van der Waals surface area contributed by atoms with E-state index in [4.69, 9.17) is 4.74 Å². The van der Waals surface area contributed by atoms with Crippen LogP contribution in [0.2, 0.25) is 0 Å². The van der Waals surface area contributed by atoms with Gasteiger partial charge in [-0.2, -0.15) is 0 Å². The summed E-state index contributed by atoms with van der Waals surface area (Å²) in [7, 11) is 0. The Morgan fingerprint density at radius 2 is 2.05 bits per heavy atom. The van der Waals surface area contributed by atoms with E-state index < -0.39 is 11.7 Å². The smallest absolute Gasteiger partial charge is 0.251 e. The summed E-state index contributed by atoms with van der Waals surface area (Å²) in [4.78, 5) is 25.1. The number of ether oxygens (including phenoxy) is 1. The molecule has 102 valence electrons. The molecule has 0 spiro atoms. The van der Waals surface area contributed by atoms with Crippen LogP contribution in [-0.4, -0.2) is 49.6 Å². The maximum absolute atomic E-state index is 12.9. The lowest BCUT2D eigenvalue weighted by atomic mass is 10.2. The largest absolute Gasteiger partial charge is 0.378 e. The van der Waals surface area contributed by atoms with Crippen LogP contribution in [0.3, 0.4) is 0 Å². The minimum Gasteiger partial charge on any atom is -0.378 e. The number of benzene rings is 1. The number of hydrogen-bond donors (Lipinski definition) is 1. The molecule has 1 aliphatic rings. The van der Waals surface area contributed by atoms with Crippen LogP contribution < -0.4 is 5.32 Å². The zero-order valence-electron chi connectivity index (χ0n) is 10.4. The molecule has 1 aliphatic heterocycles. The van der Waals surface area contributed by atoms with E-state index in [-0.39, 0.29) is 18.0 Å². The minimum absolute atomic E-state index is 0.0879. The van der Waals surface area contributed by atoms with Crippen LogP contribution in [0.4, 0.5) is 4.39 Å². The predicted octanol–water partition coefficient (Wildman–Crippen LogP) is 0.414. The minimum atomic E-state index is -0.479. The Morgan fingerprint density at radius 1 is 1.32 bits per heavy atom. The topological polar surface area (TPSA) is 58.6 Å². The first-order valence-corrected chi connectivity index (χ1v) is 6.06. The fraction of sp³-hybridized carbons (Fsp3) is 0.385. The molecule has 1 saturated heterocycles. The highest BCUT2D eigenvalue weighted by atomic mass is 19.1. The van der Waals surface area contributed by atoms with Crippen LogP contribution in [0.25, 0.3) is 0 Å². The number of nitrogens with zero attached hydrogens (tertiary/aromatic N) is 1. The second-order valence-corrected chi connectivity index (χ2v) is 4.19. The zero-order chi connectivity index (χ0) is 13.7. The first-order valence-electron chi connectivity index (χ1n) is 6.06. The van der Waals surface area contributed by atoms with Crippen LogP contribution in [0.15, 0.2) is 24.3 Å². The lowest BCUT2D eigenvalue weighted by Gasteiger charge is -2.26. The van der Waals surface area contributed by atoms with Crippen molar-refractivity contribution in [1.29, 1.82) is 0 Å². The van der Waals surface area contributed by atoms with Crippen molar-refractivity contribution >= 4 is 11.8 Å². The van der Waals surface area contributed by atoms with E-state index in [1.54, 1.807) is 4.90 Å². The molecule has 0 unspecified atom stereocenters. The summed E-state index contributed by atoms with van der Waals surface area (Å²) in [6.07, 6.45) is 0. The Balaban J connectivity index is 1.84. The van der Waals surface area contributed by atoms with E-state index in [0.717, 1.165) is 6.07 Å². The lowest BCUT2D eigenvalue weighted by Crippen LogP contribution is -2.45. The van der Waals surface area contributed by atoms with E-state index in [2.05, 4.69) is 5.32 Å². The Hall–Kier alpha value is -1.95. The Labute approximate surface area is 110 Å². The van der Waals surface area contributed by atoms with E-state index in [9.17, 15) is 14.0 Å². The highest BCUT2D eigenvalue weighted by Crippen LogP contribution is 2.03. The maximum atomic E-state index is 12.9. The van der Waals surface area contributed by atoms with Gasteiger partial charge in [-0.1, -0.05) is 6.07 Å². The molecule has 0 aliphatic carbocycles. The van der Waals surface area contributed by atoms with Gasteiger partial charge in [0, 0.05) is 18.7 Å². The summed E-state index contributed by atoms with van der Waals surface area (Å²) in [5, 5.41) is 2.49. The normalized spacial score (nSPS) is 15.1. The van der Waals surface area contributed by atoms with Gasteiger partial charge in [0.1, 0.15) is 5.82 Å². The number of carbonyl (C=O) groups excluding carboxylic acids is 2. The van der Waals surface area contributed by atoms with Gasteiger partial charge in [0.2, 0.25) is 5.91 Å². The fourth-order valence-electron chi connectivity index (χ4n) is 1.81. The highest BCUT2D eigenvalue weighted by Gasteiger charge is 2.17. The first kappa shape index (κ1) is 13.5. The van der Waals surface area contributed by atoms with Crippen molar-refractivity contribution in [2.45, 2.75) is 0 Å². The first-order chi connectivity index (χ1) is 9.16. The number of hydrogen-bond acceptors (Lipinski definition) is 3. The lowest BCUT2D eigenvalue weighted by molar-refractivity contribution is -0.134. The van der Waals surface area contributed by atoms with Crippen molar-refractivity contribution < 1.29 is 18.7 Å². The summed E-state index contributed by atoms with van der Waals surface area (Å²) < 4.78 is 18.1. The second-order valence-electron chi connectivity index (χ2n) is 4.19. The molecular formula is C13H15FN2O3. The second kappa shape index (κ2) is 6.29. The number of amides is 2. The molecule has 0 bridgehead atoms. The Bertz CT molecular complexity index is 473. The number of halogens is 1. The molecule has 1 aromatic rings. The number of carbonyl (C=O) groups is 2. The highest BCUT2D eigenvalue weighted by molar-refractivity contribution is 5.96. The Morgan fingerprint density at radius 3 is 2.74 bits per heavy atom. The van der Waals surface area contributed by atoms with E-state index in [0.29, 0.717) is 26.3 Å². The third kappa shape index (κ3) is 3.75.